The molecule has 61 heavy (non-hydrogen) atoms. The van der Waals surface area contributed by atoms with Gasteiger partial charge in [-0.05, 0) is 110 Å². The molecule has 0 aliphatic heterocycles. The molecule has 7 N–H and O–H groups in total. The van der Waals surface area contributed by atoms with Gasteiger partial charge >= 0.3 is 0 Å². The summed E-state index contributed by atoms with van der Waals surface area (Å²) in [4.78, 5) is 37.0. The maximum Gasteiger partial charge on any atom is 0.222 e. The average Bonchev–Trinajstić information content (AvgIpc) is 4.03. The van der Waals surface area contributed by atoms with Crippen LogP contribution in [-0.4, -0.2) is 89.8 Å². The smallest absolute Gasteiger partial charge is 0.222 e. The first-order chi connectivity index (χ1) is 29.6. The number of nitrogens with one attached hydrogen (secondary N) is 1. The van der Waals surface area contributed by atoms with Gasteiger partial charge in [-0.15, -0.1) is 0 Å². The number of hydrogen-bond donors (Lipinski definition) is 6. The number of nitrogen functional groups attached to an aromatic ring is 1. The molecule has 2 saturated carbocycles. The third-order valence-electron chi connectivity index (χ3n) is 12.5. The number of carbonyl (C=O) groups excluding carboxylic acids is 1. The van der Waals surface area contributed by atoms with Crippen LogP contribution in [0.3, 0.4) is 0 Å². The van der Waals surface area contributed by atoms with Gasteiger partial charge in [0.1, 0.15) is 47.8 Å². The Morgan fingerprint density at radius 3 is 1.67 bits per heavy atom. The Morgan fingerprint density at radius 2 is 1.15 bits per heavy atom. The van der Waals surface area contributed by atoms with Crippen LogP contribution in [-0.2, 0) is 17.6 Å². The fourth-order valence-corrected chi connectivity index (χ4v) is 9.26. The molecule has 0 saturated heterocycles. The van der Waals surface area contributed by atoms with Gasteiger partial charge in [-0.25, -0.2) is 29.9 Å². The molecule has 312 valence electrons. The van der Waals surface area contributed by atoms with Crippen molar-refractivity contribution in [2.45, 2.75) is 81.9 Å². The van der Waals surface area contributed by atoms with Crippen LogP contribution in [0.5, 0.6) is 0 Å². The highest BCUT2D eigenvalue weighted by atomic mass is 16.3. The van der Waals surface area contributed by atoms with Crippen molar-refractivity contribution in [2.75, 3.05) is 11.1 Å². The molecule has 6 heterocycles. The highest BCUT2D eigenvalue weighted by Crippen LogP contribution is 2.41. The second-order valence-corrected chi connectivity index (χ2v) is 16.4. The number of fused-ring (bicyclic) bond motifs is 4. The molecule has 2 fully saturated rings. The minimum absolute atomic E-state index is 0.0128. The summed E-state index contributed by atoms with van der Waals surface area (Å²) < 4.78 is 3.92. The molecule has 0 unspecified atom stereocenters. The quantitative estimate of drug-likeness (QED) is 0.109. The number of pyridine rings is 2. The van der Waals surface area contributed by atoms with E-state index in [2.05, 4.69) is 53.4 Å². The number of nitrogens with zero attached hydrogens (tertiary/aromatic N) is 8. The van der Waals surface area contributed by atoms with Crippen LogP contribution < -0.4 is 11.1 Å². The Morgan fingerprint density at radius 1 is 0.656 bits per heavy atom. The van der Waals surface area contributed by atoms with Crippen molar-refractivity contribution in [3.05, 3.63) is 121 Å². The van der Waals surface area contributed by atoms with Crippen LogP contribution in [0, 0.1) is 11.8 Å². The van der Waals surface area contributed by atoms with Gasteiger partial charge in [0.15, 0.2) is 0 Å². The van der Waals surface area contributed by atoms with Crippen molar-refractivity contribution >= 4 is 61.4 Å². The van der Waals surface area contributed by atoms with E-state index in [0.29, 0.717) is 24.5 Å². The lowest BCUT2D eigenvalue weighted by molar-refractivity contribution is -0.114. The van der Waals surface area contributed by atoms with E-state index in [1.165, 1.54) is 19.6 Å². The van der Waals surface area contributed by atoms with Crippen molar-refractivity contribution < 1.29 is 25.2 Å². The summed E-state index contributed by atoms with van der Waals surface area (Å²) in [6.07, 6.45) is 11.6. The molecular formula is C46H48N10O5. The monoisotopic (exact) mass is 820 g/mol. The first-order valence-electron chi connectivity index (χ1n) is 20.7. The summed E-state index contributed by atoms with van der Waals surface area (Å²) in [6.45, 7) is 1.46. The lowest BCUT2D eigenvalue weighted by Crippen LogP contribution is -2.29. The standard InChI is InChI=1S/C24H25N5O3.C22H23N5O2/c1-14(30)27-21-7-6-16-4-2-15(10-19(16)28-21)3-5-17-11-20(23(32)22(17)31)29-9-8-18-12-25-13-26-24(18)29;23-19-6-5-14-3-1-13(9-17(14)26-19)2-4-15-10-18(21(29)20(15)28)27-8-7-16-11-24-12-25-22(16)27/h2,4,6-10,12-13,17,20,22-23,31-32H,3,5,11H2,1H3,(H,27,28,30);1,3,5-9,11-12,15,18,20-21,28-29H,2,4,10H2,(H2,23,26)/t17-,20+,22+,23-;15-,18+,20+,21-/m00/s1. The molecule has 2 aliphatic carbocycles. The number of anilines is 2. The number of aliphatic hydroxyl groups is 4. The molecule has 0 bridgehead atoms. The fraction of sp³-hybridized carbons (Fsp3) is 0.326. The zero-order valence-corrected chi connectivity index (χ0v) is 33.6. The Bertz CT molecular complexity index is 2850. The molecule has 2 aliphatic rings. The Hall–Kier alpha value is -6.39. The number of aryl methyl sites for hydroxylation is 2. The highest BCUT2D eigenvalue weighted by molar-refractivity contribution is 5.90. The van der Waals surface area contributed by atoms with Crippen LogP contribution >= 0.6 is 0 Å². The molecular weight excluding hydrogens is 773 g/mol. The number of aliphatic hydroxyl groups excluding tert-OH is 4. The van der Waals surface area contributed by atoms with Gasteiger partial charge in [-0.1, -0.05) is 24.3 Å². The van der Waals surface area contributed by atoms with E-state index >= 15 is 0 Å². The topological polar surface area (TPSA) is 223 Å². The first-order valence-corrected chi connectivity index (χ1v) is 20.7. The van der Waals surface area contributed by atoms with Crippen molar-refractivity contribution in [2.24, 2.45) is 11.8 Å². The predicted molar refractivity (Wildman–Crippen MR) is 232 cm³/mol. The molecule has 6 aromatic heterocycles. The number of aromatic nitrogens is 8. The largest absolute Gasteiger partial charge is 0.390 e. The van der Waals surface area contributed by atoms with E-state index in [9.17, 15) is 25.2 Å². The van der Waals surface area contributed by atoms with Crippen molar-refractivity contribution in [1.29, 1.82) is 0 Å². The second kappa shape index (κ2) is 16.9. The maximum absolute atomic E-state index is 11.3. The zero-order valence-electron chi connectivity index (χ0n) is 33.6. The number of hydrogen-bond acceptors (Lipinski definition) is 12. The Kier molecular flexibility index (Phi) is 11.1. The van der Waals surface area contributed by atoms with Crippen molar-refractivity contribution in [3.8, 4) is 0 Å². The van der Waals surface area contributed by atoms with Crippen molar-refractivity contribution in [1.82, 2.24) is 39.0 Å². The number of benzene rings is 2. The molecule has 0 radical (unpaired) electrons. The van der Waals surface area contributed by atoms with Gasteiger partial charge < -0.3 is 40.6 Å². The average molecular weight is 821 g/mol. The number of carbonyl (C=O) groups is 1. The number of nitrogens with two attached hydrogens (primary N) is 1. The van der Waals surface area contributed by atoms with Gasteiger partial charge in [0.2, 0.25) is 5.91 Å². The van der Waals surface area contributed by atoms with E-state index in [4.69, 9.17) is 5.73 Å². The summed E-state index contributed by atoms with van der Waals surface area (Å²) in [5, 5.41) is 49.4. The summed E-state index contributed by atoms with van der Waals surface area (Å²) in [6, 6.07) is 23.2. The SMILES string of the molecule is CC(=O)Nc1ccc2ccc(CC[C@H]3C[C@@H](n4ccc5cncnc54)[C@H](O)[C@@H]3O)cc2n1.Nc1ccc2ccc(CC[C@H]3C[C@@H](n4ccc5cncnc54)[C@H](O)[C@@H]3O)cc2n1. The van der Waals surface area contributed by atoms with Crippen LogP contribution in [0.1, 0.15) is 55.8 Å². The molecule has 10 rings (SSSR count). The van der Waals surface area contributed by atoms with Gasteiger partial charge in [0.25, 0.3) is 0 Å². The minimum atomic E-state index is -0.843. The molecule has 1 amide bonds. The van der Waals surface area contributed by atoms with Gasteiger partial charge in [0, 0.05) is 53.3 Å². The van der Waals surface area contributed by atoms with Crippen LogP contribution in [0.15, 0.2) is 110 Å². The zero-order chi connectivity index (χ0) is 42.2. The van der Waals surface area contributed by atoms with E-state index in [-0.39, 0.29) is 29.8 Å². The third kappa shape index (κ3) is 8.24. The summed E-state index contributed by atoms with van der Waals surface area (Å²) in [5.74, 6) is 0.873. The minimum Gasteiger partial charge on any atom is -0.390 e. The summed E-state index contributed by atoms with van der Waals surface area (Å²) in [7, 11) is 0. The normalized spacial score (nSPS) is 23.8. The van der Waals surface area contributed by atoms with E-state index in [0.717, 1.165) is 80.7 Å². The lowest BCUT2D eigenvalue weighted by atomic mass is 9.95. The van der Waals surface area contributed by atoms with E-state index in [1.807, 2.05) is 64.0 Å². The van der Waals surface area contributed by atoms with E-state index in [1.54, 1.807) is 24.5 Å². The third-order valence-corrected chi connectivity index (χ3v) is 12.5. The molecule has 2 aromatic carbocycles. The Balaban J connectivity index is 0.000000157. The van der Waals surface area contributed by atoms with Crippen LogP contribution in [0.4, 0.5) is 11.6 Å². The van der Waals surface area contributed by atoms with Gasteiger partial charge in [0.05, 0.1) is 35.3 Å². The summed E-state index contributed by atoms with van der Waals surface area (Å²) >= 11 is 0. The number of amides is 1. The summed E-state index contributed by atoms with van der Waals surface area (Å²) in [5.41, 5.74) is 11.3. The van der Waals surface area contributed by atoms with Gasteiger partial charge in [-0.3, -0.25) is 4.79 Å². The lowest BCUT2D eigenvalue weighted by Gasteiger charge is -2.18. The maximum atomic E-state index is 11.3. The fourth-order valence-electron chi connectivity index (χ4n) is 9.26. The van der Waals surface area contributed by atoms with Crippen molar-refractivity contribution in [3.63, 3.8) is 0 Å². The molecule has 8 aromatic rings. The first kappa shape index (κ1) is 40.0. The Labute approximate surface area is 351 Å². The van der Waals surface area contributed by atoms with Crippen LogP contribution in [0.25, 0.3) is 43.9 Å². The molecule has 0 spiro atoms. The van der Waals surface area contributed by atoms with E-state index < -0.39 is 24.4 Å². The predicted octanol–water partition coefficient (Wildman–Crippen LogP) is 5.33. The molecule has 8 atom stereocenters. The second-order valence-electron chi connectivity index (χ2n) is 16.4. The number of rotatable bonds is 9. The van der Waals surface area contributed by atoms with Gasteiger partial charge in [-0.2, -0.15) is 0 Å². The molecule has 15 nitrogen and oxygen atoms in total. The van der Waals surface area contributed by atoms with Crippen LogP contribution in [0.2, 0.25) is 0 Å². The highest BCUT2D eigenvalue weighted by Gasteiger charge is 2.43. The molecule has 15 heteroatoms.